The number of hydrogen-bond acceptors (Lipinski definition) is 3. The number of aliphatic hydroxyl groups excluding tert-OH is 1. The summed E-state index contributed by atoms with van der Waals surface area (Å²) in [6, 6.07) is 7.02. The van der Waals surface area contributed by atoms with Crippen molar-refractivity contribution in [2.24, 2.45) is 0 Å². The van der Waals surface area contributed by atoms with E-state index in [9.17, 15) is 5.11 Å². The van der Waals surface area contributed by atoms with Crippen LogP contribution < -0.4 is 10.2 Å². The van der Waals surface area contributed by atoms with Gasteiger partial charge in [0.15, 0.2) is 0 Å². The fourth-order valence-corrected chi connectivity index (χ4v) is 2.95. The van der Waals surface area contributed by atoms with Gasteiger partial charge in [0, 0.05) is 29.6 Å². The number of piperazine rings is 1. The molecule has 2 unspecified atom stereocenters. The second kappa shape index (κ2) is 5.38. The highest BCUT2D eigenvalue weighted by atomic mass is 79.9. The summed E-state index contributed by atoms with van der Waals surface area (Å²) in [4.78, 5) is 2.35. The van der Waals surface area contributed by atoms with E-state index in [0.29, 0.717) is 6.04 Å². The highest BCUT2D eigenvalue weighted by molar-refractivity contribution is 9.10. The van der Waals surface area contributed by atoms with E-state index in [0.717, 1.165) is 17.6 Å². The Bertz CT molecular complexity index is 397. The molecule has 17 heavy (non-hydrogen) atoms. The molecule has 94 valence electrons. The maximum Gasteiger partial charge on any atom is 0.0601 e. The molecule has 0 amide bonds. The Morgan fingerprint density at radius 3 is 2.94 bits per heavy atom. The summed E-state index contributed by atoms with van der Waals surface area (Å²) < 4.78 is 1.13. The summed E-state index contributed by atoms with van der Waals surface area (Å²) >= 11 is 3.63. The molecule has 2 atom stereocenters. The lowest BCUT2D eigenvalue weighted by Crippen LogP contribution is -2.57. The van der Waals surface area contributed by atoms with Gasteiger partial charge >= 0.3 is 0 Å². The van der Waals surface area contributed by atoms with E-state index >= 15 is 0 Å². The van der Waals surface area contributed by atoms with E-state index in [-0.39, 0.29) is 12.6 Å². The summed E-state index contributed by atoms with van der Waals surface area (Å²) in [5, 5.41) is 12.6. The van der Waals surface area contributed by atoms with Crippen molar-refractivity contribution in [1.82, 2.24) is 5.32 Å². The van der Waals surface area contributed by atoms with E-state index in [2.05, 4.69) is 58.2 Å². The fourth-order valence-electron chi connectivity index (χ4n) is 2.23. The van der Waals surface area contributed by atoms with E-state index < -0.39 is 0 Å². The van der Waals surface area contributed by atoms with Crippen LogP contribution in [0, 0.1) is 6.92 Å². The molecule has 3 nitrogen and oxygen atoms in total. The minimum absolute atomic E-state index is 0.166. The molecule has 0 aromatic heterocycles. The van der Waals surface area contributed by atoms with Gasteiger partial charge in [-0.2, -0.15) is 0 Å². The van der Waals surface area contributed by atoms with Crippen LogP contribution in [0.1, 0.15) is 12.5 Å². The van der Waals surface area contributed by atoms with Crippen molar-refractivity contribution in [3.8, 4) is 0 Å². The second-order valence-corrected chi connectivity index (χ2v) is 5.60. The maximum absolute atomic E-state index is 9.25. The number of anilines is 1. The molecule has 0 spiro atoms. The lowest BCUT2D eigenvalue weighted by atomic mass is 10.1. The molecule has 4 heteroatoms. The Labute approximate surface area is 111 Å². The minimum atomic E-state index is 0.166. The third-order valence-corrected chi connectivity index (χ3v) is 3.92. The maximum atomic E-state index is 9.25. The molecular weight excluding hydrogens is 280 g/mol. The summed E-state index contributed by atoms with van der Waals surface area (Å²) in [5.41, 5.74) is 2.46. The number of benzene rings is 1. The van der Waals surface area contributed by atoms with Gasteiger partial charge in [-0.15, -0.1) is 0 Å². The molecule has 1 aromatic carbocycles. The highest BCUT2D eigenvalue weighted by Crippen LogP contribution is 2.29. The highest BCUT2D eigenvalue weighted by Gasteiger charge is 2.25. The summed E-state index contributed by atoms with van der Waals surface area (Å²) in [5.74, 6) is 0. The van der Waals surface area contributed by atoms with E-state index in [1.807, 2.05) is 0 Å². The van der Waals surface area contributed by atoms with E-state index in [1.54, 1.807) is 0 Å². The molecule has 1 aliphatic rings. The SMILES string of the molecule is Cc1ccc(N2CC(CO)NCC2C)c(Br)c1. The molecule has 2 rings (SSSR count). The van der Waals surface area contributed by atoms with Gasteiger partial charge in [-0.05, 0) is 47.5 Å². The van der Waals surface area contributed by atoms with E-state index in [4.69, 9.17) is 0 Å². The monoisotopic (exact) mass is 298 g/mol. The Morgan fingerprint density at radius 1 is 1.53 bits per heavy atom. The van der Waals surface area contributed by atoms with Gasteiger partial charge < -0.3 is 15.3 Å². The molecule has 1 aromatic rings. The molecule has 0 aliphatic carbocycles. The lowest BCUT2D eigenvalue weighted by molar-refractivity contribution is 0.227. The summed E-state index contributed by atoms with van der Waals surface area (Å²) in [6.45, 7) is 6.23. The second-order valence-electron chi connectivity index (χ2n) is 4.74. The summed E-state index contributed by atoms with van der Waals surface area (Å²) in [7, 11) is 0. The zero-order valence-electron chi connectivity index (χ0n) is 10.3. The van der Waals surface area contributed by atoms with Crippen molar-refractivity contribution >= 4 is 21.6 Å². The number of aliphatic hydroxyl groups is 1. The van der Waals surface area contributed by atoms with Crippen molar-refractivity contribution in [2.45, 2.75) is 25.9 Å². The van der Waals surface area contributed by atoms with Crippen molar-refractivity contribution in [3.63, 3.8) is 0 Å². The van der Waals surface area contributed by atoms with Gasteiger partial charge in [0.25, 0.3) is 0 Å². The predicted molar refractivity (Wildman–Crippen MR) is 74.6 cm³/mol. The topological polar surface area (TPSA) is 35.5 Å². The van der Waals surface area contributed by atoms with Gasteiger partial charge in [-0.25, -0.2) is 0 Å². The smallest absolute Gasteiger partial charge is 0.0601 e. The van der Waals surface area contributed by atoms with Crippen molar-refractivity contribution in [1.29, 1.82) is 0 Å². The first-order valence-electron chi connectivity index (χ1n) is 5.99. The standard InChI is InChI=1S/C13H19BrN2O/c1-9-3-4-13(12(14)5-9)16-7-11(8-17)15-6-10(16)2/h3-5,10-11,15,17H,6-8H2,1-2H3. The van der Waals surface area contributed by atoms with Crippen LogP contribution in [0.2, 0.25) is 0 Å². The molecule has 0 radical (unpaired) electrons. The fraction of sp³-hybridized carbons (Fsp3) is 0.538. The zero-order valence-corrected chi connectivity index (χ0v) is 11.9. The normalized spacial score (nSPS) is 25.1. The van der Waals surface area contributed by atoms with Crippen LogP contribution in [0.25, 0.3) is 0 Å². The average molecular weight is 299 g/mol. The van der Waals surface area contributed by atoms with Crippen LogP contribution in [0.4, 0.5) is 5.69 Å². The van der Waals surface area contributed by atoms with Crippen molar-refractivity contribution in [2.75, 3.05) is 24.6 Å². The molecule has 0 bridgehead atoms. The first-order valence-corrected chi connectivity index (χ1v) is 6.78. The molecule has 1 heterocycles. The van der Waals surface area contributed by atoms with E-state index in [1.165, 1.54) is 11.3 Å². The van der Waals surface area contributed by atoms with Crippen LogP contribution in [0.5, 0.6) is 0 Å². The number of halogens is 1. The average Bonchev–Trinajstić information content (AvgIpc) is 2.30. The number of aryl methyl sites for hydroxylation is 1. The third-order valence-electron chi connectivity index (χ3n) is 3.28. The van der Waals surface area contributed by atoms with Crippen molar-refractivity contribution < 1.29 is 5.11 Å². The summed E-state index contributed by atoms with van der Waals surface area (Å²) in [6.07, 6.45) is 0. The van der Waals surface area contributed by atoms with Crippen molar-refractivity contribution in [3.05, 3.63) is 28.2 Å². The van der Waals surface area contributed by atoms with Gasteiger partial charge in [0.1, 0.15) is 0 Å². The Hall–Kier alpha value is -0.580. The molecule has 2 N–H and O–H groups in total. The molecule has 1 saturated heterocycles. The minimum Gasteiger partial charge on any atom is -0.395 e. The molecule has 1 aliphatic heterocycles. The lowest BCUT2D eigenvalue weighted by Gasteiger charge is -2.40. The molecule has 1 fully saturated rings. The quantitative estimate of drug-likeness (QED) is 0.876. The first-order chi connectivity index (χ1) is 8.11. The molecular formula is C13H19BrN2O. The Morgan fingerprint density at radius 2 is 2.29 bits per heavy atom. The third kappa shape index (κ3) is 2.81. The van der Waals surface area contributed by atoms with Crippen LogP contribution in [0.15, 0.2) is 22.7 Å². The number of nitrogens with one attached hydrogen (secondary N) is 1. The van der Waals surface area contributed by atoms with Gasteiger partial charge in [-0.3, -0.25) is 0 Å². The van der Waals surface area contributed by atoms with Gasteiger partial charge in [0.2, 0.25) is 0 Å². The molecule has 0 saturated carbocycles. The number of hydrogen-bond donors (Lipinski definition) is 2. The van der Waals surface area contributed by atoms with Gasteiger partial charge in [0.05, 0.1) is 12.3 Å². The Balaban J connectivity index is 2.24. The Kier molecular flexibility index (Phi) is 4.07. The van der Waals surface area contributed by atoms with Crippen LogP contribution in [0.3, 0.4) is 0 Å². The predicted octanol–water partition coefficient (Wildman–Crippen LogP) is 1.92. The number of nitrogens with zero attached hydrogens (tertiary/aromatic N) is 1. The van der Waals surface area contributed by atoms with Crippen LogP contribution in [-0.4, -0.2) is 36.9 Å². The van der Waals surface area contributed by atoms with Crippen LogP contribution in [-0.2, 0) is 0 Å². The largest absolute Gasteiger partial charge is 0.395 e. The van der Waals surface area contributed by atoms with Crippen LogP contribution >= 0.6 is 15.9 Å². The first kappa shape index (κ1) is 12.9. The zero-order chi connectivity index (χ0) is 12.4. The number of rotatable bonds is 2. The van der Waals surface area contributed by atoms with Gasteiger partial charge in [-0.1, -0.05) is 6.07 Å².